The molecule has 2 aromatic carbocycles. The number of nitrogens with one attached hydrogen (secondary N) is 2. The Balaban J connectivity index is 1.69. The van der Waals surface area contributed by atoms with Crippen LogP contribution in [0.25, 0.3) is 0 Å². The molecule has 0 unspecified atom stereocenters. The monoisotopic (exact) mass is 495 g/mol. The molecular formula is C19H14ClN3O7S2. The summed E-state index contributed by atoms with van der Waals surface area (Å²) in [5.41, 5.74) is -0.694. The molecule has 1 heterocycles. The SMILES string of the molecule is O=C(COC(=O)c1ccccc1NS(=O)(=O)c1cccs1)Nc1cc(Cl)ccc1[N+](=O)[O-]. The molecule has 3 rings (SSSR count). The summed E-state index contributed by atoms with van der Waals surface area (Å²) in [5, 5.41) is 15.1. The first-order valence-corrected chi connectivity index (χ1v) is 11.5. The maximum Gasteiger partial charge on any atom is 0.340 e. The smallest absolute Gasteiger partial charge is 0.340 e. The number of nitrogens with zero attached hydrogens (tertiary/aromatic N) is 1. The van der Waals surface area contributed by atoms with Crippen molar-refractivity contribution in [1.29, 1.82) is 0 Å². The van der Waals surface area contributed by atoms with Crippen molar-refractivity contribution in [2.24, 2.45) is 0 Å². The Morgan fingerprint density at radius 3 is 2.53 bits per heavy atom. The van der Waals surface area contributed by atoms with Crippen LogP contribution in [-0.4, -0.2) is 31.8 Å². The number of para-hydroxylation sites is 1. The maximum absolute atomic E-state index is 12.5. The Morgan fingerprint density at radius 1 is 1.09 bits per heavy atom. The number of nitro benzene ring substituents is 1. The van der Waals surface area contributed by atoms with E-state index in [0.29, 0.717) is 0 Å². The van der Waals surface area contributed by atoms with Gasteiger partial charge in [0.05, 0.1) is 16.2 Å². The highest BCUT2D eigenvalue weighted by atomic mass is 35.5. The summed E-state index contributed by atoms with van der Waals surface area (Å²) in [7, 11) is -3.91. The number of thiophene rings is 1. The van der Waals surface area contributed by atoms with Crippen molar-refractivity contribution >= 4 is 61.9 Å². The quantitative estimate of drug-likeness (QED) is 0.274. The Morgan fingerprint density at radius 2 is 1.84 bits per heavy atom. The lowest BCUT2D eigenvalue weighted by Gasteiger charge is -2.12. The third kappa shape index (κ3) is 5.60. The zero-order valence-corrected chi connectivity index (χ0v) is 18.4. The highest BCUT2D eigenvalue weighted by Gasteiger charge is 2.21. The summed E-state index contributed by atoms with van der Waals surface area (Å²) in [5.74, 6) is -1.81. The van der Waals surface area contributed by atoms with Crippen molar-refractivity contribution in [1.82, 2.24) is 0 Å². The van der Waals surface area contributed by atoms with Crippen LogP contribution >= 0.6 is 22.9 Å². The first-order valence-electron chi connectivity index (χ1n) is 8.73. The number of carbonyl (C=O) groups is 2. The van der Waals surface area contributed by atoms with Crippen LogP contribution < -0.4 is 10.0 Å². The number of halogens is 1. The van der Waals surface area contributed by atoms with E-state index in [1.165, 1.54) is 42.5 Å². The van der Waals surface area contributed by atoms with Crippen LogP contribution in [0.1, 0.15) is 10.4 Å². The number of esters is 1. The largest absolute Gasteiger partial charge is 0.452 e. The highest BCUT2D eigenvalue weighted by molar-refractivity contribution is 7.94. The van der Waals surface area contributed by atoms with Gasteiger partial charge in [-0.1, -0.05) is 29.8 Å². The van der Waals surface area contributed by atoms with Gasteiger partial charge in [-0.15, -0.1) is 11.3 Å². The van der Waals surface area contributed by atoms with Gasteiger partial charge in [0.2, 0.25) is 0 Å². The average molecular weight is 496 g/mol. The minimum absolute atomic E-state index is 0.0308. The Labute approximate surface area is 191 Å². The number of hydrogen-bond acceptors (Lipinski definition) is 8. The lowest BCUT2D eigenvalue weighted by molar-refractivity contribution is -0.383. The second-order valence-electron chi connectivity index (χ2n) is 6.13. The van der Waals surface area contributed by atoms with E-state index in [0.717, 1.165) is 17.4 Å². The normalized spacial score (nSPS) is 10.9. The summed E-state index contributed by atoms with van der Waals surface area (Å²) in [4.78, 5) is 35.0. The molecule has 0 saturated heterocycles. The predicted molar refractivity (Wildman–Crippen MR) is 119 cm³/mol. The van der Waals surface area contributed by atoms with Crippen molar-refractivity contribution in [3.63, 3.8) is 0 Å². The van der Waals surface area contributed by atoms with Crippen LogP contribution in [0, 0.1) is 10.1 Å². The third-order valence-electron chi connectivity index (χ3n) is 3.91. The van der Waals surface area contributed by atoms with Crippen LogP contribution in [0.3, 0.4) is 0 Å². The zero-order chi connectivity index (χ0) is 23.3. The number of hydrogen-bond donors (Lipinski definition) is 2. The van der Waals surface area contributed by atoms with E-state index in [4.69, 9.17) is 16.3 Å². The highest BCUT2D eigenvalue weighted by Crippen LogP contribution is 2.28. The molecule has 10 nitrogen and oxygen atoms in total. The minimum atomic E-state index is -3.91. The zero-order valence-electron chi connectivity index (χ0n) is 16.0. The fraction of sp³-hybridized carbons (Fsp3) is 0.0526. The molecule has 0 aliphatic carbocycles. The van der Waals surface area contributed by atoms with Crippen LogP contribution in [0.5, 0.6) is 0 Å². The second kappa shape index (κ2) is 9.77. The molecule has 166 valence electrons. The van der Waals surface area contributed by atoms with Crippen molar-refractivity contribution in [2.75, 3.05) is 16.6 Å². The molecule has 0 aliphatic heterocycles. The molecule has 0 bridgehead atoms. The van der Waals surface area contributed by atoms with Gasteiger partial charge in [0.15, 0.2) is 6.61 Å². The van der Waals surface area contributed by atoms with Crippen LogP contribution in [0.4, 0.5) is 17.1 Å². The molecule has 1 aromatic heterocycles. The number of benzene rings is 2. The fourth-order valence-corrected chi connectivity index (χ4v) is 4.77. The molecule has 1 amide bonds. The predicted octanol–water partition coefficient (Wildman–Crippen LogP) is 3.91. The molecule has 0 atom stereocenters. The van der Waals surface area contributed by atoms with Gasteiger partial charge in [-0.2, -0.15) is 0 Å². The summed E-state index contributed by atoms with van der Waals surface area (Å²) in [6.45, 7) is -0.769. The number of sulfonamides is 1. The van der Waals surface area contributed by atoms with E-state index in [9.17, 15) is 28.1 Å². The van der Waals surface area contributed by atoms with Gasteiger partial charge >= 0.3 is 5.97 Å². The third-order valence-corrected chi connectivity index (χ3v) is 6.91. The number of amides is 1. The standard InChI is InChI=1S/C19H14ClN3O7S2/c20-12-7-8-16(23(26)27)15(10-12)21-17(24)11-30-19(25)13-4-1-2-5-14(13)22-32(28,29)18-6-3-9-31-18/h1-10,22H,11H2,(H,21,24). The lowest BCUT2D eigenvalue weighted by atomic mass is 10.2. The summed E-state index contributed by atoms with van der Waals surface area (Å²) >= 11 is 6.81. The lowest BCUT2D eigenvalue weighted by Crippen LogP contribution is -2.22. The van der Waals surface area contributed by atoms with Gasteiger partial charge < -0.3 is 10.1 Å². The first kappa shape index (κ1) is 23.2. The average Bonchev–Trinajstić information content (AvgIpc) is 3.28. The van der Waals surface area contributed by atoms with E-state index in [2.05, 4.69) is 10.0 Å². The van der Waals surface area contributed by atoms with Crippen molar-refractivity contribution in [2.45, 2.75) is 4.21 Å². The summed E-state index contributed by atoms with van der Waals surface area (Å²) < 4.78 is 32.2. The van der Waals surface area contributed by atoms with Crippen LogP contribution in [0.2, 0.25) is 5.02 Å². The molecule has 32 heavy (non-hydrogen) atoms. The molecule has 0 fully saturated rings. The van der Waals surface area contributed by atoms with Crippen LogP contribution in [0.15, 0.2) is 64.2 Å². The Bertz CT molecular complexity index is 1280. The molecule has 0 aliphatic rings. The molecule has 0 radical (unpaired) electrons. The molecular weight excluding hydrogens is 482 g/mol. The topological polar surface area (TPSA) is 145 Å². The fourth-order valence-electron chi connectivity index (χ4n) is 2.52. The van der Waals surface area contributed by atoms with E-state index in [-0.39, 0.29) is 31.9 Å². The number of anilines is 2. The van der Waals surface area contributed by atoms with Gasteiger partial charge in [-0.25, -0.2) is 13.2 Å². The van der Waals surface area contributed by atoms with Crippen LogP contribution in [-0.2, 0) is 19.6 Å². The maximum atomic E-state index is 12.5. The van der Waals surface area contributed by atoms with Gasteiger partial charge in [0.1, 0.15) is 9.90 Å². The molecule has 0 spiro atoms. The van der Waals surface area contributed by atoms with E-state index in [1.807, 2.05) is 0 Å². The number of ether oxygens (including phenoxy) is 1. The van der Waals surface area contributed by atoms with E-state index >= 15 is 0 Å². The van der Waals surface area contributed by atoms with Gasteiger partial charge in [0.25, 0.3) is 21.6 Å². The Kier molecular flexibility index (Phi) is 7.08. The summed E-state index contributed by atoms with van der Waals surface area (Å²) in [6.07, 6.45) is 0. The van der Waals surface area contributed by atoms with E-state index < -0.39 is 33.4 Å². The number of carbonyl (C=O) groups excluding carboxylic acids is 2. The van der Waals surface area contributed by atoms with Crippen molar-refractivity contribution < 1.29 is 27.7 Å². The van der Waals surface area contributed by atoms with Gasteiger partial charge in [-0.3, -0.25) is 19.6 Å². The molecule has 2 N–H and O–H groups in total. The van der Waals surface area contributed by atoms with Gasteiger partial charge in [-0.05, 0) is 35.7 Å². The molecule has 0 saturated carbocycles. The molecule has 13 heteroatoms. The first-order chi connectivity index (χ1) is 15.2. The van der Waals surface area contributed by atoms with E-state index in [1.54, 1.807) is 11.4 Å². The Hall–Kier alpha value is -3.48. The second-order valence-corrected chi connectivity index (χ2v) is 9.42. The van der Waals surface area contributed by atoms with Crippen molar-refractivity contribution in [3.8, 4) is 0 Å². The number of rotatable bonds is 8. The molecule has 3 aromatic rings. The summed E-state index contributed by atoms with van der Waals surface area (Å²) in [6, 6.07) is 12.3. The number of nitro groups is 1. The van der Waals surface area contributed by atoms with Crippen molar-refractivity contribution in [3.05, 3.63) is 80.7 Å². The minimum Gasteiger partial charge on any atom is -0.452 e. The van der Waals surface area contributed by atoms with Gasteiger partial charge in [0, 0.05) is 11.1 Å².